The Kier molecular flexibility index (Phi) is 5.40. The maximum absolute atomic E-state index is 12.9. The van der Waals surface area contributed by atoms with E-state index in [-0.39, 0.29) is 11.8 Å². The van der Waals surface area contributed by atoms with Crippen LogP contribution in [0.15, 0.2) is 18.2 Å². The summed E-state index contributed by atoms with van der Waals surface area (Å²) in [5.74, 6) is -1.08. The van der Waals surface area contributed by atoms with Crippen LogP contribution in [0, 0.1) is 19.8 Å². The molecule has 2 fully saturated rings. The van der Waals surface area contributed by atoms with Gasteiger partial charge in [0.15, 0.2) is 0 Å². The standard InChI is InChI=1S/C20H26N4O4/c1-12-7-6-9-15(14(12)3)21-18(27)22-16(25)11-24-17(26)20(23-19(24)28)10-5-4-8-13(20)2/h6-7,9,13H,4-5,8,10-11H2,1-3H3,(H,23,28)(H2,21,22,25,27)/t13-,20-/m0/s1. The van der Waals surface area contributed by atoms with E-state index >= 15 is 0 Å². The number of amides is 6. The van der Waals surface area contributed by atoms with Crippen molar-refractivity contribution in [3.8, 4) is 0 Å². The molecule has 1 saturated heterocycles. The Balaban J connectivity index is 1.61. The first kappa shape index (κ1) is 19.9. The lowest BCUT2D eigenvalue weighted by atomic mass is 9.73. The highest BCUT2D eigenvalue weighted by Gasteiger charge is 2.55. The number of nitrogens with zero attached hydrogens (tertiary/aromatic N) is 1. The summed E-state index contributed by atoms with van der Waals surface area (Å²) in [5.41, 5.74) is 1.58. The maximum Gasteiger partial charge on any atom is 0.325 e. The second-order valence-electron chi connectivity index (χ2n) is 7.69. The van der Waals surface area contributed by atoms with Crippen LogP contribution in [0.25, 0.3) is 0 Å². The van der Waals surface area contributed by atoms with Crippen LogP contribution in [-0.4, -0.2) is 40.9 Å². The number of rotatable bonds is 3. The molecular weight excluding hydrogens is 360 g/mol. The molecule has 0 bridgehead atoms. The second-order valence-corrected chi connectivity index (χ2v) is 7.69. The normalized spacial score (nSPS) is 24.2. The summed E-state index contributed by atoms with van der Waals surface area (Å²) in [5, 5.41) is 7.59. The Bertz CT molecular complexity index is 837. The van der Waals surface area contributed by atoms with E-state index in [0.29, 0.717) is 12.1 Å². The van der Waals surface area contributed by atoms with Gasteiger partial charge in [0.1, 0.15) is 12.1 Å². The first-order chi connectivity index (χ1) is 13.2. The summed E-state index contributed by atoms with van der Waals surface area (Å²) in [6.07, 6.45) is 3.30. The second kappa shape index (κ2) is 7.61. The predicted octanol–water partition coefficient (Wildman–Crippen LogP) is 2.45. The van der Waals surface area contributed by atoms with Gasteiger partial charge in [0.05, 0.1) is 0 Å². The molecule has 6 amide bonds. The van der Waals surface area contributed by atoms with E-state index in [9.17, 15) is 19.2 Å². The molecule has 8 nitrogen and oxygen atoms in total. The topological polar surface area (TPSA) is 108 Å². The number of urea groups is 2. The minimum Gasteiger partial charge on any atom is -0.323 e. The number of hydrogen-bond donors (Lipinski definition) is 3. The molecular formula is C20H26N4O4. The van der Waals surface area contributed by atoms with Gasteiger partial charge in [0, 0.05) is 5.69 Å². The van der Waals surface area contributed by atoms with Crippen molar-refractivity contribution < 1.29 is 19.2 Å². The van der Waals surface area contributed by atoms with Gasteiger partial charge in [-0.1, -0.05) is 31.9 Å². The number of benzene rings is 1. The van der Waals surface area contributed by atoms with E-state index in [0.717, 1.165) is 35.3 Å². The van der Waals surface area contributed by atoms with Crippen LogP contribution in [-0.2, 0) is 9.59 Å². The van der Waals surface area contributed by atoms with E-state index in [1.54, 1.807) is 12.1 Å². The van der Waals surface area contributed by atoms with Crippen molar-refractivity contribution in [1.29, 1.82) is 0 Å². The summed E-state index contributed by atoms with van der Waals surface area (Å²) < 4.78 is 0. The molecule has 8 heteroatoms. The average molecular weight is 386 g/mol. The van der Waals surface area contributed by atoms with Crippen LogP contribution in [0.4, 0.5) is 15.3 Å². The molecule has 28 heavy (non-hydrogen) atoms. The van der Waals surface area contributed by atoms with Crippen molar-refractivity contribution in [1.82, 2.24) is 15.5 Å². The van der Waals surface area contributed by atoms with Crippen LogP contribution in [0.5, 0.6) is 0 Å². The maximum atomic E-state index is 12.9. The van der Waals surface area contributed by atoms with Gasteiger partial charge in [-0.3, -0.25) is 19.8 Å². The minimum atomic E-state index is -0.920. The number of carbonyl (C=O) groups is 4. The lowest BCUT2D eigenvalue weighted by molar-refractivity contribution is -0.137. The van der Waals surface area contributed by atoms with Gasteiger partial charge in [-0.2, -0.15) is 0 Å². The molecule has 2 atom stereocenters. The zero-order chi connectivity index (χ0) is 20.5. The SMILES string of the molecule is Cc1cccc(NC(=O)NC(=O)CN2C(=O)N[C@]3(CCCC[C@@H]3C)C2=O)c1C. The van der Waals surface area contributed by atoms with Gasteiger partial charge in [0.25, 0.3) is 5.91 Å². The molecule has 3 rings (SSSR count). The Morgan fingerprint density at radius 3 is 2.71 bits per heavy atom. The van der Waals surface area contributed by atoms with Gasteiger partial charge in [0.2, 0.25) is 5.91 Å². The molecule has 0 aromatic heterocycles. The van der Waals surface area contributed by atoms with E-state index in [1.165, 1.54) is 0 Å². The van der Waals surface area contributed by atoms with Crippen LogP contribution >= 0.6 is 0 Å². The van der Waals surface area contributed by atoms with Gasteiger partial charge in [-0.05, 0) is 49.8 Å². The fourth-order valence-corrected chi connectivity index (χ4v) is 3.99. The van der Waals surface area contributed by atoms with E-state index in [2.05, 4.69) is 16.0 Å². The predicted molar refractivity (Wildman–Crippen MR) is 104 cm³/mol. The molecule has 0 unspecified atom stereocenters. The molecule has 1 aromatic carbocycles. The van der Waals surface area contributed by atoms with Crippen molar-refractivity contribution in [2.75, 3.05) is 11.9 Å². The van der Waals surface area contributed by atoms with Crippen LogP contribution < -0.4 is 16.0 Å². The van der Waals surface area contributed by atoms with Crippen LogP contribution in [0.2, 0.25) is 0 Å². The molecule has 2 aliphatic rings. The quantitative estimate of drug-likeness (QED) is 0.694. The molecule has 1 spiro atoms. The third-order valence-corrected chi connectivity index (χ3v) is 5.91. The van der Waals surface area contributed by atoms with Crippen LogP contribution in [0.3, 0.4) is 0 Å². The zero-order valence-corrected chi connectivity index (χ0v) is 16.4. The van der Waals surface area contributed by atoms with Crippen molar-refractivity contribution in [3.05, 3.63) is 29.3 Å². The Morgan fingerprint density at radius 2 is 2.00 bits per heavy atom. The largest absolute Gasteiger partial charge is 0.325 e. The first-order valence-corrected chi connectivity index (χ1v) is 9.56. The smallest absolute Gasteiger partial charge is 0.323 e. The fourth-order valence-electron chi connectivity index (χ4n) is 3.99. The number of imide groups is 2. The average Bonchev–Trinajstić information content (AvgIpc) is 2.86. The van der Waals surface area contributed by atoms with Gasteiger partial charge < -0.3 is 10.6 Å². The fraction of sp³-hybridized carbons (Fsp3) is 0.500. The zero-order valence-electron chi connectivity index (χ0n) is 16.4. The van der Waals surface area contributed by atoms with Gasteiger partial charge in [-0.25, -0.2) is 9.59 Å². The highest BCUT2D eigenvalue weighted by molar-refractivity contribution is 6.11. The summed E-state index contributed by atoms with van der Waals surface area (Å²) in [6, 6.07) is 4.18. The molecule has 0 radical (unpaired) electrons. The molecule has 1 aliphatic carbocycles. The third-order valence-electron chi connectivity index (χ3n) is 5.91. The van der Waals surface area contributed by atoms with Crippen molar-refractivity contribution in [2.24, 2.45) is 5.92 Å². The summed E-state index contributed by atoms with van der Waals surface area (Å²) in [7, 11) is 0. The van der Waals surface area contributed by atoms with E-state index < -0.39 is 30.1 Å². The molecule has 1 saturated carbocycles. The number of anilines is 1. The number of hydrogen-bond acceptors (Lipinski definition) is 4. The van der Waals surface area contributed by atoms with Crippen molar-refractivity contribution in [3.63, 3.8) is 0 Å². The monoisotopic (exact) mass is 386 g/mol. The van der Waals surface area contributed by atoms with Crippen molar-refractivity contribution in [2.45, 2.75) is 52.0 Å². The number of aryl methyl sites for hydroxylation is 1. The Morgan fingerprint density at radius 1 is 1.25 bits per heavy atom. The van der Waals surface area contributed by atoms with Crippen LogP contribution in [0.1, 0.15) is 43.7 Å². The van der Waals surface area contributed by atoms with Crippen molar-refractivity contribution >= 4 is 29.6 Å². The van der Waals surface area contributed by atoms with E-state index in [4.69, 9.17) is 0 Å². The molecule has 1 aromatic rings. The summed E-state index contributed by atoms with van der Waals surface area (Å²) in [4.78, 5) is 50.4. The third kappa shape index (κ3) is 3.58. The molecule has 1 aliphatic heterocycles. The molecule has 3 N–H and O–H groups in total. The Hall–Kier alpha value is -2.90. The van der Waals surface area contributed by atoms with Gasteiger partial charge >= 0.3 is 12.1 Å². The highest BCUT2D eigenvalue weighted by atomic mass is 16.2. The minimum absolute atomic E-state index is 0.0124. The van der Waals surface area contributed by atoms with Gasteiger partial charge in [-0.15, -0.1) is 0 Å². The lowest BCUT2D eigenvalue weighted by Crippen LogP contribution is -2.54. The van der Waals surface area contributed by atoms with E-state index in [1.807, 2.05) is 26.8 Å². The first-order valence-electron chi connectivity index (χ1n) is 9.56. The lowest BCUT2D eigenvalue weighted by Gasteiger charge is -2.36. The molecule has 150 valence electrons. The summed E-state index contributed by atoms with van der Waals surface area (Å²) >= 11 is 0. The summed E-state index contributed by atoms with van der Waals surface area (Å²) in [6.45, 7) is 5.24. The highest BCUT2D eigenvalue weighted by Crippen LogP contribution is 2.38. The number of nitrogens with one attached hydrogen (secondary N) is 3. The Labute approximate surface area is 164 Å². The molecule has 1 heterocycles. The number of carbonyl (C=O) groups excluding carboxylic acids is 4.